The largest absolute Gasteiger partial charge is 0.472 e. The fourth-order valence-corrected chi connectivity index (χ4v) is 1.23. The van der Waals surface area contributed by atoms with Gasteiger partial charge in [-0.2, -0.15) is 0 Å². The molecule has 1 atom stereocenters. The molecule has 0 spiro atoms. The molecule has 2 heterocycles. The lowest BCUT2D eigenvalue weighted by Gasteiger charge is -2.09. The van der Waals surface area contributed by atoms with Crippen LogP contribution in [0, 0.1) is 0 Å². The maximum absolute atomic E-state index is 5.00. The van der Waals surface area contributed by atoms with Gasteiger partial charge in [-0.1, -0.05) is 5.16 Å². The molecule has 0 aliphatic heterocycles. The molecule has 14 heavy (non-hydrogen) atoms. The first kappa shape index (κ1) is 9.02. The van der Waals surface area contributed by atoms with E-state index in [4.69, 9.17) is 8.94 Å². The highest BCUT2D eigenvalue weighted by atomic mass is 16.5. The molecule has 0 aliphatic rings. The van der Waals surface area contributed by atoms with Crippen LogP contribution in [-0.2, 0) is 6.54 Å². The molecule has 0 aromatic carbocycles. The Hall–Kier alpha value is -1.55. The summed E-state index contributed by atoms with van der Waals surface area (Å²) < 4.78 is 9.96. The van der Waals surface area contributed by atoms with Gasteiger partial charge in [-0.15, -0.1) is 0 Å². The Morgan fingerprint density at radius 2 is 2.43 bits per heavy atom. The molecule has 4 nitrogen and oxygen atoms in total. The minimum absolute atomic E-state index is 0.249. The van der Waals surface area contributed by atoms with Gasteiger partial charge in [0.2, 0.25) is 0 Å². The lowest BCUT2D eigenvalue weighted by molar-refractivity contribution is 0.366. The van der Waals surface area contributed by atoms with E-state index in [0.29, 0.717) is 6.54 Å². The van der Waals surface area contributed by atoms with Gasteiger partial charge in [-0.3, -0.25) is 0 Å². The Labute approximate surface area is 81.9 Å². The normalized spacial score (nSPS) is 12.9. The van der Waals surface area contributed by atoms with Gasteiger partial charge < -0.3 is 14.3 Å². The quantitative estimate of drug-likeness (QED) is 0.806. The standard InChI is InChI=1S/C10H12N2O2/c1-8(9-3-5-13-7-9)11-6-10-2-4-12-14-10/h2-5,7-8,11H,6H2,1H3. The molecule has 0 fully saturated rings. The molecule has 0 bridgehead atoms. The van der Waals surface area contributed by atoms with Crippen LogP contribution in [0.25, 0.3) is 0 Å². The van der Waals surface area contributed by atoms with Gasteiger partial charge in [0.25, 0.3) is 0 Å². The summed E-state index contributed by atoms with van der Waals surface area (Å²) in [6.45, 7) is 2.74. The third-order valence-corrected chi connectivity index (χ3v) is 2.12. The van der Waals surface area contributed by atoms with E-state index < -0.39 is 0 Å². The molecule has 1 N–H and O–H groups in total. The lowest BCUT2D eigenvalue weighted by Crippen LogP contribution is -2.17. The number of rotatable bonds is 4. The first-order valence-electron chi connectivity index (χ1n) is 4.51. The van der Waals surface area contributed by atoms with Crippen molar-refractivity contribution in [2.45, 2.75) is 19.5 Å². The highest BCUT2D eigenvalue weighted by Crippen LogP contribution is 2.12. The molecule has 0 radical (unpaired) electrons. The van der Waals surface area contributed by atoms with Crippen molar-refractivity contribution in [3.05, 3.63) is 42.2 Å². The zero-order valence-corrected chi connectivity index (χ0v) is 7.93. The van der Waals surface area contributed by atoms with Crippen LogP contribution < -0.4 is 5.32 Å². The molecule has 0 saturated heterocycles. The maximum Gasteiger partial charge on any atom is 0.150 e. The average molecular weight is 192 g/mol. The zero-order valence-electron chi connectivity index (χ0n) is 7.93. The summed E-state index contributed by atoms with van der Waals surface area (Å²) >= 11 is 0. The highest BCUT2D eigenvalue weighted by molar-refractivity contribution is 5.10. The SMILES string of the molecule is CC(NCc1ccno1)c1ccoc1. The molecule has 0 saturated carbocycles. The average Bonchev–Trinajstić information content (AvgIpc) is 2.87. The molecule has 74 valence electrons. The van der Waals surface area contributed by atoms with Gasteiger partial charge >= 0.3 is 0 Å². The topological polar surface area (TPSA) is 51.2 Å². The second-order valence-electron chi connectivity index (χ2n) is 3.14. The number of hydrogen-bond acceptors (Lipinski definition) is 4. The third kappa shape index (κ3) is 2.03. The van der Waals surface area contributed by atoms with Crippen molar-refractivity contribution in [2.75, 3.05) is 0 Å². The number of nitrogens with zero attached hydrogens (tertiary/aromatic N) is 1. The number of furan rings is 1. The van der Waals surface area contributed by atoms with Gasteiger partial charge in [-0.05, 0) is 13.0 Å². The van der Waals surface area contributed by atoms with Crippen LogP contribution in [0.4, 0.5) is 0 Å². The summed E-state index contributed by atoms with van der Waals surface area (Å²) in [5.74, 6) is 0.834. The van der Waals surface area contributed by atoms with Crippen LogP contribution in [0.2, 0.25) is 0 Å². The van der Waals surface area contributed by atoms with Gasteiger partial charge in [0.15, 0.2) is 0 Å². The van der Waals surface area contributed by atoms with Gasteiger partial charge in [0.05, 0.1) is 25.3 Å². The van der Waals surface area contributed by atoms with E-state index in [1.165, 1.54) is 0 Å². The van der Waals surface area contributed by atoms with E-state index in [0.717, 1.165) is 11.3 Å². The Morgan fingerprint density at radius 1 is 1.50 bits per heavy atom. The van der Waals surface area contributed by atoms with Gasteiger partial charge in [-0.25, -0.2) is 0 Å². The number of nitrogens with one attached hydrogen (secondary N) is 1. The summed E-state index contributed by atoms with van der Waals surface area (Å²) in [5.41, 5.74) is 1.13. The van der Waals surface area contributed by atoms with Crippen molar-refractivity contribution in [1.82, 2.24) is 10.5 Å². The lowest BCUT2D eigenvalue weighted by atomic mass is 10.2. The molecule has 1 unspecified atom stereocenters. The zero-order chi connectivity index (χ0) is 9.80. The van der Waals surface area contributed by atoms with Crippen LogP contribution in [0.3, 0.4) is 0 Å². The van der Waals surface area contributed by atoms with Crippen molar-refractivity contribution in [2.24, 2.45) is 0 Å². The van der Waals surface area contributed by atoms with Crippen molar-refractivity contribution < 1.29 is 8.94 Å². The fraction of sp³-hybridized carbons (Fsp3) is 0.300. The summed E-state index contributed by atoms with van der Waals surface area (Å²) in [5, 5.41) is 6.92. The molecule has 4 heteroatoms. The number of aromatic nitrogens is 1. The predicted molar refractivity (Wildman–Crippen MR) is 50.5 cm³/mol. The Bertz CT molecular complexity index is 353. The molecule has 0 aliphatic carbocycles. The minimum atomic E-state index is 0.249. The monoisotopic (exact) mass is 192 g/mol. The van der Waals surface area contributed by atoms with Gasteiger partial charge in [0, 0.05) is 17.7 Å². The minimum Gasteiger partial charge on any atom is -0.472 e. The predicted octanol–water partition coefficient (Wildman–Crippen LogP) is 2.12. The van der Waals surface area contributed by atoms with Crippen LogP contribution in [0.15, 0.2) is 39.8 Å². The van der Waals surface area contributed by atoms with E-state index in [9.17, 15) is 0 Å². The second kappa shape index (κ2) is 4.11. The van der Waals surface area contributed by atoms with Crippen molar-refractivity contribution >= 4 is 0 Å². The molecule has 2 aromatic heterocycles. The van der Waals surface area contributed by atoms with E-state index in [1.54, 1.807) is 18.7 Å². The molecule has 2 aromatic rings. The number of hydrogen-bond donors (Lipinski definition) is 1. The second-order valence-corrected chi connectivity index (χ2v) is 3.14. The smallest absolute Gasteiger partial charge is 0.150 e. The molecular formula is C10H12N2O2. The van der Waals surface area contributed by atoms with Crippen molar-refractivity contribution in [1.29, 1.82) is 0 Å². The fourth-order valence-electron chi connectivity index (χ4n) is 1.23. The van der Waals surface area contributed by atoms with E-state index in [2.05, 4.69) is 17.4 Å². The van der Waals surface area contributed by atoms with Gasteiger partial charge in [0.1, 0.15) is 5.76 Å². The Kier molecular flexibility index (Phi) is 2.65. The Balaban J connectivity index is 1.87. The van der Waals surface area contributed by atoms with Crippen LogP contribution in [-0.4, -0.2) is 5.16 Å². The highest BCUT2D eigenvalue weighted by Gasteiger charge is 2.06. The Morgan fingerprint density at radius 3 is 3.07 bits per heavy atom. The summed E-state index contributed by atoms with van der Waals surface area (Å²) in [6, 6.07) is 4.03. The molecular weight excluding hydrogens is 180 g/mol. The molecule has 2 rings (SSSR count). The van der Waals surface area contributed by atoms with E-state index in [-0.39, 0.29) is 6.04 Å². The molecule has 0 amide bonds. The first-order chi connectivity index (χ1) is 6.86. The van der Waals surface area contributed by atoms with Crippen molar-refractivity contribution in [3.8, 4) is 0 Å². The van der Waals surface area contributed by atoms with Crippen LogP contribution >= 0.6 is 0 Å². The summed E-state index contributed by atoms with van der Waals surface area (Å²) in [7, 11) is 0. The van der Waals surface area contributed by atoms with E-state index in [1.807, 2.05) is 12.1 Å². The van der Waals surface area contributed by atoms with Crippen LogP contribution in [0.1, 0.15) is 24.3 Å². The summed E-state index contributed by atoms with van der Waals surface area (Å²) in [4.78, 5) is 0. The van der Waals surface area contributed by atoms with Crippen molar-refractivity contribution in [3.63, 3.8) is 0 Å². The maximum atomic E-state index is 5.00. The van der Waals surface area contributed by atoms with Crippen LogP contribution in [0.5, 0.6) is 0 Å². The van der Waals surface area contributed by atoms with E-state index >= 15 is 0 Å². The first-order valence-corrected chi connectivity index (χ1v) is 4.51. The summed E-state index contributed by atoms with van der Waals surface area (Å²) in [6.07, 6.45) is 5.04. The third-order valence-electron chi connectivity index (χ3n) is 2.12.